The lowest BCUT2D eigenvalue weighted by atomic mass is 9.86. The summed E-state index contributed by atoms with van der Waals surface area (Å²) in [5.41, 5.74) is 2.78. The van der Waals surface area contributed by atoms with Crippen molar-refractivity contribution >= 4 is 34.9 Å². The zero-order valence-electron chi connectivity index (χ0n) is 22.7. The zero-order chi connectivity index (χ0) is 26.9. The molecule has 1 aliphatic rings. The number of carbonyl (C=O) groups excluding carboxylic acids is 3. The second kappa shape index (κ2) is 13.8. The summed E-state index contributed by atoms with van der Waals surface area (Å²) in [5.74, 6) is -0.00694. The molecule has 0 aliphatic heterocycles. The number of halogens is 1. The van der Waals surface area contributed by atoms with Gasteiger partial charge in [-0.1, -0.05) is 69.8 Å². The van der Waals surface area contributed by atoms with Gasteiger partial charge in [0, 0.05) is 30.1 Å². The van der Waals surface area contributed by atoms with Crippen molar-refractivity contribution in [2.75, 3.05) is 18.4 Å². The van der Waals surface area contributed by atoms with Crippen molar-refractivity contribution in [1.82, 2.24) is 4.90 Å². The molecule has 200 valence electrons. The fourth-order valence-corrected chi connectivity index (χ4v) is 5.31. The molecule has 0 bridgehead atoms. The van der Waals surface area contributed by atoms with Crippen LogP contribution in [0.3, 0.4) is 0 Å². The predicted octanol–water partition coefficient (Wildman–Crippen LogP) is 7.63. The third kappa shape index (κ3) is 8.16. The second-order valence-electron chi connectivity index (χ2n) is 10.7. The van der Waals surface area contributed by atoms with Gasteiger partial charge >= 0.3 is 0 Å². The summed E-state index contributed by atoms with van der Waals surface area (Å²) >= 11 is 6.02. The molecule has 6 heteroatoms. The number of ketones is 1. The van der Waals surface area contributed by atoms with Gasteiger partial charge in [-0.15, -0.1) is 0 Å². The Kier molecular flexibility index (Phi) is 10.7. The monoisotopic (exact) mass is 524 g/mol. The molecule has 1 fully saturated rings. The maximum Gasteiger partial charge on any atom is 0.229 e. The van der Waals surface area contributed by atoms with E-state index in [-0.39, 0.29) is 29.4 Å². The van der Waals surface area contributed by atoms with Crippen LogP contribution in [-0.2, 0) is 9.59 Å². The van der Waals surface area contributed by atoms with Crippen LogP contribution in [0.4, 0.5) is 5.69 Å². The first-order valence-electron chi connectivity index (χ1n) is 13.7. The third-order valence-corrected chi connectivity index (χ3v) is 7.68. The minimum Gasteiger partial charge on any atom is -0.342 e. The first-order valence-corrected chi connectivity index (χ1v) is 14.1. The normalized spacial score (nSPS) is 14.9. The largest absolute Gasteiger partial charge is 0.342 e. The van der Waals surface area contributed by atoms with Gasteiger partial charge < -0.3 is 10.2 Å². The van der Waals surface area contributed by atoms with Gasteiger partial charge in [-0.25, -0.2) is 0 Å². The minimum atomic E-state index is -0.377. The highest BCUT2D eigenvalue weighted by atomic mass is 35.5. The molecule has 3 rings (SSSR count). The lowest BCUT2D eigenvalue weighted by molar-refractivity contribution is -0.134. The Balaban J connectivity index is 1.76. The van der Waals surface area contributed by atoms with E-state index in [0.717, 1.165) is 30.4 Å². The van der Waals surface area contributed by atoms with E-state index in [1.165, 1.54) is 26.2 Å². The Hall–Kier alpha value is -2.66. The summed E-state index contributed by atoms with van der Waals surface area (Å²) in [6.45, 7) is 8.62. The summed E-state index contributed by atoms with van der Waals surface area (Å²) < 4.78 is 0. The third-order valence-electron chi connectivity index (χ3n) is 7.43. The first-order chi connectivity index (χ1) is 17.7. The molecule has 2 aromatic rings. The van der Waals surface area contributed by atoms with Gasteiger partial charge in [0.15, 0.2) is 5.78 Å². The second-order valence-corrected chi connectivity index (χ2v) is 11.1. The highest BCUT2D eigenvalue weighted by Crippen LogP contribution is 2.29. The standard InChI is InChI=1S/C31H41ClN2O3/c1-5-17-34(30(36)18-23-9-7-6-8-10-23)20-28(21(2)3)31(37)33-29-16-13-25(19-27(29)22(4)35)24-11-14-26(32)15-12-24/h11-16,19,21,23,28H,5-10,17-18,20H2,1-4H3,(H,33,37). The number of hydrogen-bond acceptors (Lipinski definition) is 3. The maximum absolute atomic E-state index is 13.5. The van der Waals surface area contributed by atoms with Crippen LogP contribution in [0.2, 0.25) is 5.02 Å². The molecule has 5 nitrogen and oxygen atoms in total. The van der Waals surface area contributed by atoms with Gasteiger partial charge in [0.2, 0.25) is 11.8 Å². The highest BCUT2D eigenvalue weighted by Gasteiger charge is 2.29. The Morgan fingerprint density at radius 1 is 1.00 bits per heavy atom. The van der Waals surface area contributed by atoms with Crippen LogP contribution < -0.4 is 5.32 Å². The SMILES string of the molecule is CCCN(CC(C(=O)Nc1ccc(-c2ccc(Cl)cc2)cc1C(C)=O)C(C)C)C(=O)CC1CCCCC1. The molecule has 1 unspecified atom stereocenters. The molecule has 0 saturated heterocycles. The Labute approximate surface area is 227 Å². The van der Waals surface area contributed by atoms with Crippen LogP contribution in [0.25, 0.3) is 11.1 Å². The van der Waals surface area contributed by atoms with Gasteiger partial charge in [-0.2, -0.15) is 0 Å². The molecular weight excluding hydrogens is 484 g/mol. The molecule has 1 saturated carbocycles. The maximum atomic E-state index is 13.5. The van der Waals surface area contributed by atoms with Crippen molar-refractivity contribution in [1.29, 1.82) is 0 Å². The lowest BCUT2D eigenvalue weighted by Crippen LogP contribution is -2.42. The molecule has 1 aliphatic carbocycles. The van der Waals surface area contributed by atoms with E-state index < -0.39 is 0 Å². The van der Waals surface area contributed by atoms with Crippen molar-refractivity contribution in [2.45, 2.75) is 72.6 Å². The zero-order valence-corrected chi connectivity index (χ0v) is 23.4. The Bertz CT molecular complexity index is 1070. The molecule has 0 radical (unpaired) electrons. The summed E-state index contributed by atoms with van der Waals surface area (Å²) in [6.07, 6.45) is 7.35. The number of benzene rings is 2. The summed E-state index contributed by atoms with van der Waals surface area (Å²) in [5, 5.41) is 3.66. The van der Waals surface area contributed by atoms with E-state index in [4.69, 9.17) is 11.6 Å². The molecule has 0 aromatic heterocycles. The number of amides is 2. The smallest absolute Gasteiger partial charge is 0.229 e. The van der Waals surface area contributed by atoms with Crippen LogP contribution in [0.5, 0.6) is 0 Å². The van der Waals surface area contributed by atoms with E-state index in [2.05, 4.69) is 12.2 Å². The number of carbonyl (C=O) groups is 3. The average Bonchev–Trinajstić information content (AvgIpc) is 2.87. The van der Waals surface area contributed by atoms with Crippen molar-refractivity contribution in [3.63, 3.8) is 0 Å². The molecule has 2 aromatic carbocycles. The molecule has 37 heavy (non-hydrogen) atoms. The molecule has 1 N–H and O–H groups in total. The molecule has 1 atom stereocenters. The predicted molar refractivity (Wildman–Crippen MR) is 152 cm³/mol. The molecule has 0 spiro atoms. The van der Waals surface area contributed by atoms with Crippen LogP contribution in [0, 0.1) is 17.8 Å². The van der Waals surface area contributed by atoms with E-state index in [0.29, 0.717) is 41.7 Å². The fourth-order valence-electron chi connectivity index (χ4n) is 5.18. The topological polar surface area (TPSA) is 66.5 Å². The lowest BCUT2D eigenvalue weighted by Gasteiger charge is -2.31. The quantitative estimate of drug-likeness (QED) is 0.307. The first kappa shape index (κ1) is 28.9. The van der Waals surface area contributed by atoms with E-state index in [1.54, 1.807) is 6.07 Å². The summed E-state index contributed by atoms with van der Waals surface area (Å²) in [7, 11) is 0. The number of nitrogens with one attached hydrogen (secondary N) is 1. The molecule has 0 heterocycles. The van der Waals surface area contributed by atoms with Crippen molar-refractivity contribution in [2.24, 2.45) is 17.8 Å². The van der Waals surface area contributed by atoms with Gasteiger partial charge in [0.05, 0.1) is 11.6 Å². The minimum absolute atomic E-state index is 0.0379. The number of rotatable bonds is 11. The van der Waals surface area contributed by atoms with Gasteiger partial charge in [-0.05, 0) is 73.4 Å². The van der Waals surface area contributed by atoms with Crippen LogP contribution in [0.1, 0.15) is 83.0 Å². The number of Topliss-reactive ketones (excluding diaryl/α,β-unsaturated/α-hetero) is 1. The Morgan fingerprint density at radius 3 is 2.24 bits per heavy atom. The van der Waals surface area contributed by atoms with Crippen LogP contribution in [-0.4, -0.2) is 35.6 Å². The van der Waals surface area contributed by atoms with E-state index in [9.17, 15) is 14.4 Å². The molecule has 2 amide bonds. The van der Waals surface area contributed by atoms with Gasteiger partial charge in [-0.3, -0.25) is 14.4 Å². The van der Waals surface area contributed by atoms with Crippen LogP contribution >= 0.6 is 11.6 Å². The summed E-state index contributed by atoms with van der Waals surface area (Å²) in [4.78, 5) is 41.1. The van der Waals surface area contributed by atoms with Crippen molar-refractivity contribution in [3.05, 3.63) is 53.1 Å². The summed E-state index contributed by atoms with van der Waals surface area (Å²) in [6, 6.07) is 12.9. The number of hydrogen-bond donors (Lipinski definition) is 1. The van der Waals surface area contributed by atoms with Crippen molar-refractivity contribution in [3.8, 4) is 11.1 Å². The van der Waals surface area contributed by atoms with Gasteiger partial charge in [0.1, 0.15) is 0 Å². The van der Waals surface area contributed by atoms with E-state index in [1.807, 2.05) is 55.1 Å². The van der Waals surface area contributed by atoms with Crippen LogP contribution in [0.15, 0.2) is 42.5 Å². The average molecular weight is 525 g/mol. The Morgan fingerprint density at radius 2 is 1.65 bits per heavy atom. The molecular formula is C31H41ClN2O3. The highest BCUT2D eigenvalue weighted by molar-refractivity contribution is 6.30. The van der Waals surface area contributed by atoms with Crippen molar-refractivity contribution < 1.29 is 14.4 Å². The van der Waals surface area contributed by atoms with E-state index >= 15 is 0 Å². The van der Waals surface area contributed by atoms with Gasteiger partial charge in [0.25, 0.3) is 0 Å². The number of anilines is 1. The number of nitrogens with zero attached hydrogens (tertiary/aromatic N) is 1. The fraction of sp³-hybridized carbons (Fsp3) is 0.516.